The Labute approximate surface area is 56.6 Å². The third kappa shape index (κ3) is 3.74. The fraction of sp³-hybridized carbons (Fsp3) is 0.250. The van der Waals surface area contributed by atoms with E-state index in [4.69, 9.17) is 5.73 Å². The van der Waals surface area contributed by atoms with Crippen molar-refractivity contribution in [2.45, 2.75) is 13.0 Å². The zero-order chi connectivity index (χ0) is 7.28. The van der Waals surface area contributed by atoms with Gasteiger partial charge in [0.15, 0.2) is 0 Å². The molecule has 0 unspecified atom stereocenters. The van der Waals surface area contributed by atoms with Crippen molar-refractivity contribution in [3.63, 3.8) is 0 Å². The number of rotatable bonds is 3. The molecule has 0 bridgehead atoms. The molecule has 0 spiro atoms. The standard InChI is InChI=1S/C8H13N/c1-4-5-6-7(2)8(3)9/h4-6,8H,1-2,9H2,3H3/b6-5-/t8-/m0/s1. The van der Waals surface area contributed by atoms with Gasteiger partial charge in [-0.25, -0.2) is 0 Å². The molecule has 0 aromatic carbocycles. The van der Waals surface area contributed by atoms with Crippen LogP contribution in [-0.2, 0) is 0 Å². The first kappa shape index (κ1) is 8.18. The summed E-state index contributed by atoms with van der Waals surface area (Å²) in [4.78, 5) is 0. The summed E-state index contributed by atoms with van der Waals surface area (Å²) in [5.74, 6) is 0. The maximum absolute atomic E-state index is 5.49. The Morgan fingerprint density at radius 1 is 1.67 bits per heavy atom. The average Bonchev–Trinajstić information content (AvgIpc) is 1.82. The van der Waals surface area contributed by atoms with Crippen LogP contribution in [0.4, 0.5) is 0 Å². The van der Waals surface area contributed by atoms with Crippen molar-refractivity contribution >= 4 is 0 Å². The monoisotopic (exact) mass is 123 g/mol. The number of nitrogens with two attached hydrogens (primary N) is 1. The third-order valence-corrected chi connectivity index (χ3v) is 1.03. The summed E-state index contributed by atoms with van der Waals surface area (Å²) < 4.78 is 0. The Balaban J connectivity index is 3.76. The first-order valence-electron chi connectivity index (χ1n) is 2.92. The molecule has 0 aliphatic heterocycles. The quantitative estimate of drug-likeness (QED) is 0.567. The van der Waals surface area contributed by atoms with Crippen LogP contribution < -0.4 is 5.73 Å². The number of hydrogen-bond acceptors (Lipinski definition) is 1. The van der Waals surface area contributed by atoms with Gasteiger partial charge in [0.25, 0.3) is 0 Å². The summed E-state index contributed by atoms with van der Waals surface area (Å²) in [6.45, 7) is 9.15. The van der Waals surface area contributed by atoms with Crippen LogP contribution in [-0.4, -0.2) is 6.04 Å². The molecule has 1 atom stereocenters. The van der Waals surface area contributed by atoms with E-state index in [-0.39, 0.29) is 6.04 Å². The third-order valence-electron chi connectivity index (χ3n) is 1.03. The van der Waals surface area contributed by atoms with Crippen LogP contribution in [0.3, 0.4) is 0 Å². The van der Waals surface area contributed by atoms with E-state index in [2.05, 4.69) is 13.2 Å². The van der Waals surface area contributed by atoms with Crippen LogP contribution in [0.15, 0.2) is 37.0 Å². The molecule has 0 heterocycles. The van der Waals surface area contributed by atoms with Gasteiger partial charge in [-0.2, -0.15) is 0 Å². The maximum Gasteiger partial charge on any atom is 0.0260 e. The summed E-state index contributed by atoms with van der Waals surface area (Å²) in [7, 11) is 0. The van der Waals surface area contributed by atoms with Crippen molar-refractivity contribution in [2.75, 3.05) is 0 Å². The molecule has 0 amide bonds. The Morgan fingerprint density at radius 3 is 2.56 bits per heavy atom. The normalized spacial score (nSPS) is 13.6. The molecular weight excluding hydrogens is 110 g/mol. The molecule has 9 heavy (non-hydrogen) atoms. The van der Waals surface area contributed by atoms with Gasteiger partial charge in [-0.05, 0) is 12.5 Å². The van der Waals surface area contributed by atoms with Crippen molar-refractivity contribution in [3.05, 3.63) is 37.0 Å². The lowest BCUT2D eigenvalue weighted by molar-refractivity contribution is 0.889. The smallest absolute Gasteiger partial charge is 0.0260 e. The molecule has 1 heteroatoms. The molecule has 1 nitrogen and oxygen atoms in total. The molecule has 0 radical (unpaired) electrons. The first-order chi connectivity index (χ1) is 4.18. The molecule has 0 rings (SSSR count). The lowest BCUT2D eigenvalue weighted by atomic mass is 10.1. The largest absolute Gasteiger partial charge is 0.324 e. The molecular formula is C8H13N. The van der Waals surface area contributed by atoms with Crippen molar-refractivity contribution in [2.24, 2.45) is 5.73 Å². The number of allylic oxidation sites excluding steroid dienone is 2. The fourth-order valence-corrected chi connectivity index (χ4v) is 0.343. The van der Waals surface area contributed by atoms with Crippen LogP contribution in [0, 0.1) is 0 Å². The van der Waals surface area contributed by atoms with E-state index in [9.17, 15) is 0 Å². The Hall–Kier alpha value is -0.820. The minimum Gasteiger partial charge on any atom is -0.324 e. The summed E-state index contributed by atoms with van der Waals surface area (Å²) in [5.41, 5.74) is 6.42. The van der Waals surface area contributed by atoms with E-state index < -0.39 is 0 Å². The first-order valence-corrected chi connectivity index (χ1v) is 2.92. The molecule has 0 aliphatic carbocycles. The summed E-state index contributed by atoms with van der Waals surface area (Å²) in [6, 6.07) is 0.0428. The highest BCUT2D eigenvalue weighted by Gasteiger charge is 1.91. The van der Waals surface area contributed by atoms with E-state index in [1.165, 1.54) is 0 Å². The van der Waals surface area contributed by atoms with E-state index in [0.29, 0.717) is 0 Å². The Kier molecular flexibility index (Phi) is 3.72. The molecule has 50 valence electrons. The van der Waals surface area contributed by atoms with Gasteiger partial charge >= 0.3 is 0 Å². The summed E-state index contributed by atoms with van der Waals surface area (Å²) >= 11 is 0. The van der Waals surface area contributed by atoms with Gasteiger partial charge in [-0.15, -0.1) is 0 Å². The second-order valence-electron chi connectivity index (χ2n) is 1.96. The summed E-state index contributed by atoms with van der Waals surface area (Å²) in [5, 5.41) is 0. The SMILES string of the molecule is C=C/C=C\C(=C)[C@H](C)N. The second-order valence-corrected chi connectivity index (χ2v) is 1.96. The lowest BCUT2D eigenvalue weighted by Crippen LogP contribution is -2.15. The highest BCUT2D eigenvalue weighted by Crippen LogP contribution is 1.96. The van der Waals surface area contributed by atoms with Crippen molar-refractivity contribution < 1.29 is 0 Å². The molecule has 0 aromatic rings. The molecule has 0 aromatic heterocycles. The van der Waals surface area contributed by atoms with Crippen LogP contribution >= 0.6 is 0 Å². The van der Waals surface area contributed by atoms with Gasteiger partial charge in [0.05, 0.1) is 0 Å². The highest BCUT2D eigenvalue weighted by molar-refractivity contribution is 5.22. The van der Waals surface area contributed by atoms with Gasteiger partial charge in [-0.1, -0.05) is 31.4 Å². The minimum absolute atomic E-state index is 0.0428. The highest BCUT2D eigenvalue weighted by atomic mass is 14.6. The van der Waals surface area contributed by atoms with E-state index in [0.717, 1.165) is 5.57 Å². The van der Waals surface area contributed by atoms with E-state index in [1.54, 1.807) is 6.08 Å². The summed E-state index contributed by atoms with van der Waals surface area (Å²) in [6.07, 6.45) is 5.39. The van der Waals surface area contributed by atoms with E-state index >= 15 is 0 Å². The van der Waals surface area contributed by atoms with E-state index in [1.807, 2.05) is 19.1 Å². The van der Waals surface area contributed by atoms with Crippen molar-refractivity contribution in [1.29, 1.82) is 0 Å². The molecule has 2 N–H and O–H groups in total. The maximum atomic E-state index is 5.49. The van der Waals surface area contributed by atoms with Gasteiger partial charge in [-0.3, -0.25) is 0 Å². The molecule has 0 saturated heterocycles. The van der Waals surface area contributed by atoms with Crippen LogP contribution in [0.1, 0.15) is 6.92 Å². The predicted molar refractivity (Wildman–Crippen MR) is 42.1 cm³/mol. The van der Waals surface area contributed by atoms with Gasteiger partial charge in [0.1, 0.15) is 0 Å². The fourth-order valence-electron chi connectivity index (χ4n) is 0.343. The zero-order valence-corrected chi connectivity index (χ0v) is 5.80. The predicted octanol–water partition coefficient (Wildman–Crippen LogP) is 1.63. The molecule has 0 aliphatic rings. The van der Waals surface area contributed by atoms with Crippen molar-refractivity contribution in [3.8, 4) is 0 Å². The second kappa shape index (κ2) is 4.10. The number of hydrogen-bond donors (Lipinski definition) is 1. The Morgan fingerprint density at radius 2 is 2.22 bits per heavy atom. The van der Waals surface area contributed by atoms with Crippen molar-refractivity contribution in [1.82, 2.24) is 0 Å². The van der Waals surface area contributed by atoms with Gasteiger partial charge in [0, 0.05) is 6.04 Å². The van der Waals surface area contributed by atoms with Crippen LogP contribution in [0.2, 0.25) is 0 Å². The Bertz CT molecular complexity index is 132. The topological polar surface area (TPSA) is 26.0 Å². The zero-order valence-electron chi connectivity index (χ0n) is 5.80. The molecule has 0 fully saturated rings. The minimum atomic E-state index is 0.0428. The van der Waals surface area contributed by atoms with Gasteiger partial charge in [0.2, 0.25) is 0 Å². The van der Waals surface area contributed by atoms with Crippen LogP contribution in [0.25, 0.3) is 0 Å². The van der Waals surface area contributed by atoms with Crippen LogP contribution in [0.5, 0.6) is 0 Å². The average molecular weight is 123 g/mol. The lowest BCUT2D eigenvalue weighted by Gasteiger charge is -2.01. The van der Waals surface area contributed by atoms with Gasteiger partial charge < -0.3 is 5.73 Å². The molecule has 0 saturated carbocycles.